The Hall–Kier alpha value is -1.71. The molecule has 1 unspecified atom stereocenters. The van der Waals surface area contributed by atoms with Crippen LogP contribution >= 0.6 is 0 Å². The fourth-order valence-electron chi connectivity index (χ4n) is 1.29. The molecule has 0 amide bonds. The van der Waals surface area contributed by atoms with E-state index in [0.717, 1.165) is 11.4 Å². The maximum atomic E-state index is 10.6. The lowest BCUT2D eigenvalue weighted by Crippen LogP contribution is -2.14. The standard InChI is InChI=1S/C12H17NO3/c1-9(12(14)15)6-7-13-10-4-3-5-11(8-10)16-2/h3-5,8-9,13H,6-7H2,1-2H3,(H,14,15). The minimum absolute atomic E-state index is 0.321. The fourth-order valence-corrected chi connectivity index (χ4v) is 1.29. The van der Waals surface area contributed by atoms with Crippen LogP contribution < -0.4 is 10.1 Å². The molecule has 4 nitrogen and oxygen atoms in total. The summed E-state index contributed by atoms with van der Waals surface area (Å²) in [6.07, 6.45) is 0.604. The molecular formula is C12H17NO3. The van der Waals surface area contributed by atoms with E-state index in [2.05, 4.69) is 5.32 Å². The summed E-state index contributed by atoms with van der Waals surface area (Å²) < 4.78 is 5.09. The Morgan fingerprint density at radius 1 is 1.56 bits per heavy atom. The quantitative estimate of drug-likeness (QED) is 0.776. The average molecular weight is 223 g/mol. The first-order valence-electron chi connectivity index (χ1n) is 5.24. The van der Waals surface area contributed by atoms with Crippen molar-refractivity contribution in [1.29, 1.82) is 0 Å². The van der Waals surface area contributed by atoms with E-state index < -0.39 is 5.97 Å². The number of nitrogens with one attached hydrogen (secondary N) is 1. The molecule has 0 saturated carbocycles. The van der Waals surface area contributed by atoms with Crippen molar-refractivity contribution < 1.29 is 14.6 Å². The number of ether oxygens (including phenoxy) is 1. The molecule has 0 spiro atoms. The van der Waals surface area contributed by atoms with E-state index in [9.17, 15) is 4.79 Å². The number of hydrogen-bond acceptors (Lipinski definition) is 3. The summed E-state index contributed by atoms with van der Waals surface area (Å²) >= 11 is 0. The van der Waals surface area contributed by atoms with Crippen LogP contribution in [-0.4, -0.2) is 24.7 Å². The van der Waals surface area contributed by atoms with Crippen molar-refractivity contribution in [2.75, 3.05) is 19.0 Å². The van der Waals surface area contributed by atoms with Gasteiger partial charge < -0.3 is 15.2 Å². The highest BCUT2D eigenvalue weighted by Gasteiger charge is 2.09. The summed E-state index contributed by atoms with van der Waals surface area (Å²) in [5.41, 5.74) is 0.942. The highest BCUT2D eigenvalue weighted by atomic mass is 16.5. The second-order valence-electron chi connectivity index (χ2n) is 3.69. The van der Waals surface area contributed by atoms with Gasteiger partial charge in [-0.25, -0.2) is 0 Å². The number of carbonyl (C=O) groups is 1. The normalized spacial score (nSPS) is 11.9. The Morgan fingerprint density at radius 2 is 2.31 bits per heavy atom. The number of rotatable bonds is 6. The summed E-state index contributed by atoms with van der Waals surface area (Å²) in [7, 11) is 1.62. The largest absolute Gasteiger partial charge is 0.497 e. The third-order valence-corrected chi connectivity index (χ3v) is 2.40. The van der Waals surface area contributed by atoms with Crippen LogP contribution in [0, 0.1) is 5.92 Å². The SMILES string of the molecule is COc1cccc(NCCC(C)C(=O)O)c1. The van der Waals surface area contributed by atoms with Crippen LogP contribution in [0.3, 0.4) is 0 Å². The van der Waals surface area contributed by atoms with Gasteiger partial charge in [0.25, 0.3) is 0 Å². The van der Waals surface area contributed by atoms with Gasteiger partial charge in [-0.2, -0.15) is 0 Å². The van der Waals surface area contributed by atoms with Crippen molar-refractivity contribution in [3.8, 4) is 5.75 Å². The van der Waals surface area contributed by atoms with Crippen molar-refractivity contribution in [2.24, 2.45) is 5.92 Å². The third-order valence-electron chi connectivity index (χ3n) is 2.40. The molecule has 2 N–H and O–H groups in total. The molecule has 0 aliphatic rings. The van der Waals surface area contributed by atoms with Gasteiger partial charge in [0.1, 0.15) is 5.75 Å². The number of methoxy groups -OCH3 is 1. The zero-order chi connectivity index (χ0) is 12.0. The first kappa shape index (κ1) is 12.4. The van der Waals surface area contributed by atoms with E-state index in [1.807, 2.05) is 24.3 Å². The maximum absolute atomic E-state index is 10.6. The predicted octanol–water partition coefficient (Wildman–Crippen LogP) is 2.22. The van der Waals surface area contributed by atoms with Gasteiger partial charge in [0, 0.05) is 18.3 Å². The fraction of sp³-hybridized carbons (Fsp3) is 0.417. The molecule has 0 radical (unpaired) electrons. The lowest BCUT2D eigenvalue weighted by atomic mass is 10.1. The molecule has 0 saturated heterocycles. The molecule has 16 heavy (non-hydrogen) atoms. The van der Waals surface area contributed by atoms with E-state index in [-0.39, 0.29) is 5.92 Å². The molecular weight excluding hydrogens is 206 g/mol. The Kier molecular flexibility index (Phi) is 4.64. The second-order valence-corrected chi connectivity index (χ2v) is 3.69. The van der Waals surface area contributed by atoms with Gasteiger partial charge in [-0.05, 0) is 18.6 Å². The van der Waals surface area contributed by atoms with E-state index in [0.29, 0.717) is 13.0 Å². The van der Waals surface area contributed by atoms with Crippen molar-refractivity contribution in [2.45, 2.75) is 13.3 Å². The van der Waals surface area contributed by atoms with Gasteiger partial charge in [0.05, 0.1) is 13.0 Å². The van der Waals surface area contributed by atoms with E-state index in [1.165, 1.54) is 0 Å². The highest BCUT2D eigenvalue weighted by Crippen LogP contribution is 2.16. The molecule has 88 valence electrons. The molecule has 0 aromatic heterocycles. The van der Waals surface area contributed by atoms with Crippen LogP contribution in [0.2, 0.25) is 0 Å². The smallest absolute Gasteiger partial charge is 0.306 e. The predicted molar refractivity (Wildman–Crippen MR) is 62.9 cm³/mol. The molecule has 1 atom stereocenters. The Bertz CT molecular complexity index is 352. The lowest BCUT2D eigenvalue weighted by Gasteiger charge is -2.09. The minimum Gasteiger partial charge on any atom is -0.497 e. The zero-order valence-corrected chi connectivity index (χ0v) is 9.56. The molecule has 0 aliphatic heterocycles. The minimum atomic E-state index is -0.757. The van der Waals surface area contributed by atoms with Crippen molar-refractivity contribution in [1.82, 2.24) is 0 Å². The van der Waals surface area contributed by atoms with E-state index in [1.54, 1.807) is 14.0 Å². The monoisotopic (exact) mass is 223 g/mol. The summed E-state index contributed by atoms with van der Waals surface area (Å²) in [6.45, 7) is 2.34. The molecule has 0 aliphatic carbocycles. The van der Waals surface area contributed by atoms with Crippen LogP contribution in [0.4, 0.5) is 5.69 Å². The van der Waals surface area contributed by atoms with Crippen LogP contribution in [-0.2, 0) is 4.79 Å². The summed E-state index contributed by atoms with van der Waals surface area (Å²) in [5.74, 6) is -0.290. The van der Waals surface area contributed by atoms with Crippen molar-refractivity contribution in [3.63, 3.8) is 0 Å². The molecule has 0 bridgehead atoms. The molecule has 4 heteroatoms. The summed E-state index contributed by atoms with van der Waals surface area (Å²) in [6, 6.07) is 7.56. The zero-order valence-electron chi connectivity index (χ0n) is 9.56. The average Bonchev–Trinajstić information content (AvgIpc) is 2.29. The summed E-state index contributed by atoms with van der Waals surface area (Å²) in [4.78, 5) is 10.6. The van der Waals surface area contributed by atoms with E-state index >= 15 is 0 Å². The number of anilines is 1. The molecule has 1 aromatic carbocycles. The van der Waals surface area contributed by atoms with Gasteiger partial charge in [0.15, 0.2) is 0 Å². The molecule has 0 heterocycles. The van der Waals surface area contributed by atoms with Crippen molar-refractivity contribution >= 4 is 11.7 Å². The molecule has 1 rings (SSSR count). The molecule has 1 aromatic rings. The Balaban J connectivity index is 2.39. The molecule has 0 fully saturated rings. The third kappa shape index (κ3) is 3.81. The van der Waals surface area contributed by atoms with Crippen LogP contribution in [0.1, 0.15) is 13.3 Å². The van der Waals surface area contributed by atoms with Crippen LogP contribution in [0.15, 0.2) is 24.3 Å². The highest BCUT2D eigenvalue weighted by molar-refractivity contribution is 5.69. The Morgan fingerprint density at radius 3 is 2.94 bits per heavy atom. The number of hydrogen-bond donors (Lipinski definition) is 2. The Labute approximate surface area is 95.2 Å². The van der Waals surface area contributed by atoms with Crippen molar-refractivity contribution in [3.05, 3.63) is 24.3 Å². The van der Waals surface area contributed by atoms with Gasteiger partial charge >= 0.3 is 5.97 Å². The van der Waals surface area contributed by atoms with Gasteiger partial charge in [0.2, 0.25) is 0 Å². The first-order chi connectivity index (χ1) is 7.63. The number of benzene rings is 1. The van der Waals surface area contributed by atoms with E-state index in [4.69, 9.17) is 9.84 Å². The topological polar surface area (TPSA) is 58.6 Å². The van der Waals surface area contributed by atoms with Gasteiger partial charge in [-0.15, -0.1) is 0 Å². The second kappa shape index (κ2) is 6.00. The maximum Gasteiger partial charge on any atom is 0.306 e. The number of carboxylic acids is 1. The van der Waals surface area contributed by atoms with Crippen LogP contribution in [0.25, 0.3) is 0 Å². The summed E-state index contributed by atoms with van der Waals surface area (Å²) in [5, 5.41) is 11.9. The first-order valence-corrected chi connectivity index (χ1v) is 5.24. The number of aliphatic carboxylic acids is 1. The lowest BCUT2D eigenvalue weighted by molar-refractivity contribution is -0.141. The van der Waals surface area contributed by atoms with Gasteiger partial charge in [-0.3, -0.25) is 4.79 Å². The van der Waals surface area contributed by atoms with Crippen LogP contribution in [0.5, 0.6) is 5.75 Å². The van der Waals surface area contributed by atoms with Gasteiger partial charge in [-0.1, -0.05) is 13.0 Å². The number of carboxylic acid groups (broad SMARTS) is 1.